The van der Waals surface area contributed by atoms with Crippen LogP contribution in [0.4, 0.5) is 0 Å². The first kappa shape index (κ1) is 39.5. The third-order valence-corrected chi connectivity index (χ3v) is 0. The molecule has 0 saturated carbocycles. The molecular formula is Si2TaTi. The van der Waals surface area contributed by atoms with Crippen LogP contribution in [0.1, 0.15) is 0 Å². The van der Waals surface area contributed by atoms with Crippen LogP contribution in [0.3, 0.4) is 0 Å². The van der Waals surface area contributed by atoms with Gasteiger partial charge in [0.25, 0.3) is 0 Å². The van der Waals surface area contributed by atoms with E-state index in [1.165, 1.54) is 0 Å². The smallest absolute Gasteiger partial charge is 0 e. The SMILES string of the molecule is [Si].[Si].[Ta].[Ti]. The van der Waals surface area contributed by atoms with E-state index in [2.05, 4.69) is 0 Å². The van der Waals surface area contributed by atoms with Crippen LogP contribution in [0, 0.1) is 0 Å². The van der Waals surface area contributed by atoms with Crippen molar-refractivity contribution in [2.75, 3.05) is 0 Å². The molecule has 9 radical (unpaired) electrons. The van der Waals surface area contributed by atoms with Gasteiger partial charge in [-0.05, 0) is 0 Å². The summed E-state index contributed by atoms with van der Waals surface area (Å²) in [5, 5.41) is 0. The second-order valence-electron chi connectivity index (χ2n) is 0. The first-order chi connectivity index (χ1) is 0. The predicted octanol–water partition coefficient (Wildman–Crippen LogP) is -0.767. The van der Waals surface area contributed by atoms with Crippen LogP contribution in [-0.2, 0) is 44.1 Å². The minimum atomic E-state index is 0. The van der Waals surface area contributed by atoms with E-state index < -0.39 is 0 Å². The zero-order chi connectivity index (χ0) is 0. The molecule has 0 aliphatic heterocycles. The second-order valence-corrected chi connectivity index (χ2v) is 0. The van der Waals surface area contributed by atoms with Gasteiger partial charge in [0.15, 0.2) is 0 Å². The van der Waals surface area contributed by atoms with Crippen molar-refractivity contribution in [2.45, 2.75) is 0 Å². The molecule has 0 aromatic rings. The molecule has 0 unspecified atom stereocenters. The largest absolute Gasteiger partial charge is 0 e. The molecule has 0 N–H and O–H groups in total. The number of hydrogen-bond donors (Lipinski definition) is 0. The molecular weight excluding hydrogens is 285 g/mol. The molecule has 17 valence electrons. The summed E-state index contributed by atoms with van der Waals surface area (Å²) >= 11 is 0. The second kappa shape index (κ2) is 20.7. The van der Waals surface area contributed by atoms with Gasteiger partial charge in [0.1, 0.15) is 0 Å². The summed E-state index contributed by atoms with van der Waals surface area (Å²) in [4.78, 5) is 0. The molecule has 0 aromatic heterocycles. The Bertz CT molecular complexity index is 6.00. The molecule has 4 heavy (non-hydrogen) atoms. The van der Waals surface area contributed by atoms with Crippen LogP contribution >= 0.6 is 0 Å². The van der Waals surface area contributed by atoms with Gasteiger partial charge in [-0.2, -0.15) is 0 Å². The summed E-state index contributed by atoms with van der Waals surface area (Å²) in [6, 6.07) is 0. The van der Waals surface area contributed by atoms with Gasteiger partial charge in [0, 0.05) is 66.0 Å². The minimum Gasteiger partial charge on any atom is 0 e. The van der Waals surface area contributed by atoms with E-state index in [1.54, 1.807) is 0 Å². The molecule has 0 bridgehead atoms. The summed E-state index contributed by atoms with van der Waals surface area (Å²) in [5.74, 6) is 0. The van der Waals surface area contributed by atoms with Gasteiger partial charge in [-0.1, -0.05) is 0 Å². The standard InChI is InChI=1S/2Si.Ta.Ti. The Morgan fingerprint density at radius 1 is 0.750 bits per heavy atom. The maximum atomic E-state index is 0. The summed E-state index contributed by atoms with van der Waals surface area (Å²) in [7, 11) is 0. The maximum Gasteiger partial charge on any atom is 0 e. The van der Waals surface area contributed by atoms with Gasteiger partial charge in [-0.3, -0.25) is 0 Å². The average Bonchev–Trinajstić information content (AvgIpc) is 0. The average molecular weight is 285 g/mol. The van der Waals surface area contributed by atoms with Crippen LogP contribution < -0.4 is 0 Å². The van der Waals surface area contributed by atoms with Crippen molar-refractivity contribution in [2.24, 2.45) is 0 Å². The van der Waals surface area contributed by atoms with Gasteiger partial charge in [0.2, 0.25) is 0 Å². The third kappa shape index (κ3) is 9.10. The Morgan fingerprint density at radius 2 is 0.750 bits per heavy atom. The van der Waals surface area contributed by atoms with Crippen LogP contribution in [0.15, 0.2) is 0 Å². The quantitative estimate of drug-likeness (QED) is 0.513. The molecule has 0 nitrogen and oxygen atoms in total. The summed E-state index contributed by atoms with van der Waals surface area (Å²) in [6.45, 7) is 0. The fourth-order valence-corrected chi connectivity index (χ4v) is 0. The summed E-state index contributed by atoms with van der Waals surface area (Å²) in [5.41, 5.74) is 0. The van der Waals surface area contributed by atoms with Gasteiger partial charge < -0.3 is 0 Å². The molecule has 0 spiro atoms. The van der Waals surface area contributed by atoms with E-state index in [4.69, 9.17) is 0 Å². The van der Waals surface area contributed by atoms with Gasteiger partial charge in [0.05, 0.1) is 0 Å². The monoisotopic (exact) mass is 285 g/mol. The van der Waals surface area contributed by atoms with Crippen LogP contribution in [0.2, 0.25) is 0 Å². The van der Waals surface area contributed by atoms with Crippen molar-refractivity contribution in [1.29, 1.82) is 0 Å². The normalized spacial score (nSPS) is 0. The van der Waals surface area contributed by atoms with Crippen LogP contribution in [-0.4, -0.2) is 21.9 Å². The van der Waals surface area contributed by atoms with Crippen LogP contribution in [0.25, 0.3) is 0 Å². The minimum absolute atomic E-state index is 0. The Balaban J connectivity index is 0. The Hall–Kier alpha value is 1.89. The fourth-order valence-electron chi connectivity index (χ4n) is 0. The fraction of sp³-hybridized carbons (Fsp3) is 0. The van der Waals surface area contributed by atoms with Crippen LogP contribution in [0.5, 0.6) is 0 Å². The van der Waals surface area contributed by atoms with Gasteiger partial charge >= 0.3 is 0 Å². The zero-order valence-corrected chi connectivity index (χ0v) is 8.72. The molecule has 0 rings (SSSR count). The van der Waals surface area contributed by atoms with E-state index in [1.807, 2.05) is 0 Å². The molecule has 0 fully saturated rings. The van der Waals surface area contributed by atoms with Gasteiger partial charge in [-0.25, -0.2) is 0 Å². The van der Waals surface area contributed by atoms with Crippen molar-refractivity contribution < 1.29 is 44.1 Å². The number of hydrogen-bond acceptors (Lipinski definition) is 0. The summed E-state index contributed by atoms with van der Waals surface area (Å²) < 4.78 is 0. The predicted molar refractivity (Wildman–Crippen MR) is 11.5 cm³/mol. The van der Waals surface area contributed by atoms with E-state index in [9.17, 15) is 0 Å². The molecule has 0 saturated heterocycles. The van der Waals surface area contributed by atoms with Crippen molar-refractivity contribution in [3.8, 4) is 0 Å². The molecule has 0 aromatic carbocycles. The molecule has 0 heterocycles. The first-order valence-electron chi connectivity index (χ1n) is 0. The van der Waals surface area contributed by atoms with E-state index in [0.717, 1.165) is 0 Å². The van der Waals surface area contributed by atoms with Crippen molar-refractivity contribution in [1.82, 2.24) is 0 Å². The topological polar surface area (TPSA) is 0 Å². The Morgan fingerprint density at radius 3 is 0.750 bits per heavy atom. The zero-order valence-electron chi connectivity index (χ0n) is 1.95. The molecule has 0 amide bonds. The number of rotatable bonds is 0. The first-order valence-corrected chi connectivity index (χ1v) is 0. The van der Waals surface area contributed by atoms with E-state index >= 15 is 0 Å². The molecule has 0 atom stereocenters. The Kier molecular flexibility index (Phi) is 204. The Labute approximate surface area is 65.6 Å². The molecule has 0 aliphatic rings. The van der Waals surface area contributed by atoms with Crippen molar-refractivity contribution >= 4 is 21.9 Å². The van der Waals surface area contributed by atoms with E-state index in [-0.39, 0.29) is 66.0 Å². The van der Waals surface area contributed by atoms with Crippen molar-refractivity contribution in [3.05, 3.63) is 0 Å². The maximum absolute atomic E-state index is 0. The summed E-state index contributed by atoms with van der Waals surface area (Å²) in [6.07, 6.45) is 0. The third-order valence-electron chi connectivity index (χ3n) is 0. The van der Waals surface area contributed by atoms with E-state index in [0.29, 0.717) is 0 Å². The van der Waals surface area contributed by atoms with Crippen molar-refractivity contribution in [3.63, 3.8) is 0 Å². The molecule has 0 aliphatic carbocycles. The molecule has 4 heteroatoms. The van der Waals surface area contributed by atoms with Gasteiger partial charge in [-0.15, -0.1) is 0 Å².